The number of thioether (sulfide) groups is 1. The summed E-state index contributed by atoms with van der Waals surface area (Å²) in [4.78, 5) is 19.4. The number of hydrogen-bond acceptors (Lipinski definition) is 6. The summed E-state index contributed by atoms with van der Waals surface area (Å²) >= 11 is 0.962. The summed E-state index contributed by atoms with van der Waals surface area (Å²) in [6, 6.07) is 1.52. The fraction of sp³-hybridized carbons (Fsp3) is 0.364. The Morgan fingerprint density at radius 1 is 1.22 bits per heavy atom. The summed E-state index contributed by atoms with van der Waals surface area (Å²) in [7, 11) is 2.93. The number of aromatic nitrogens is 2. The van der Waals surface area contributed by atoms with Gasteiger partial charge in [-0.15, -0.1) is 0 Å². The van der Waals surface area contributed by atoms with Crippen LogP contribution in [0.2, 0.25) is 0 Å². The van der Waals surface area contributed by atoms with Crippen molar-refractivity contribution in [1.82, 2.24) is 9.97 Å². The van der Waals surface area contributed by atoms with Crippen molar-refractivity contribution in [2.75, 3.05) is 14.2 Å². The number of nitrogens with zero attached hydrogens (tertiary/aromatic N) is 2. The molecule has 6 nitrogen and oxygen atoms in total. The maximum atomic E-state index is 11.1. The van der Waals surface area contributed by atoms with E-state index in [2.05, 4.69) is 9.97 Å². The molecule has 1 rings (SSSR count). The van der Waals surface area contributed by atoms with Crippen molar-refractivity contribution in [2.45, 2.75) is 19.0 Å². The standard InChI is InChI=1S/C11H14N2O4S/c1-6(2)9(10(14)15)18-11-12-7(16-3)5-8(13-11)17-4/h5H,1-4H3,(H,14,15). The van der Waals surface area contributed by atoms with Gasteiger partial charge in [0.05, 0.1) is 25.2 Å². The molecule has 0 amide bonds. The van der Waals surface area contributed by atoms with Crippen LogP contribution in [0.3, 0.4) is 0 Å². The molecule has 0 spiro atoms. The van der Waals surface area contributed by atoms with Gasteiger partial charge in [-0.1, -0.05) is 5.57 Å². The van der Waals surface area contributed by atoms with Crippen LogP contribution < -0.4 is 9.47 Å². The molecule has 0 fully saturated rings. The van der Waals surface area contributed by atoms with Crippen LogP contribution >= 0.6 is 11.8 Å². The SMILES string of the molecule is COc1cc(OC)nc(SC(C(=O)O)=C(C)C)n1. The number of ether oxygens (including phenoxy) is 2. The number of carboxylic acids is 1. The normalized spacial score (nSPS) is 9.78. The minimum atomic E-state index is -1.01. The Hall–Kier alpha value is -1.76. The van der Waals surface area contributed by atoms with Crippen molar-refractivity contribution in [2.24, 2.45) is 0 Å². The lowest BCUT2D eigenvalue weighted by Gasteiger charge is -2.07. The first-order chi connectivity index (χ1) is 8.47. The highest BCUT2D eigenvalue weighted by Crippen LogP contribution is 2.29. The Balaban J connectivity index is 3.10. The molecular formula is C11H14N2O4S. The molecule has 0 saturated carbocycles. The fourth-order valence-electron chi connectivity index (χ4n) is 1.09. The van der Waals surface area contributed by atoms with Gasteiger partial charge >= 0.3 is 5.97 Å². The molecule has 1 N–H and O–H groups in total. The quantitative estimate of drug-likeness (QED) is 0.497. The highest BCUT2D eigenvalue weighted by atomic mass is 32.2. The summed E-state index contributed by atoms with van der Waals surface area (Å²) in [5.74, 6) is -0.365. The second-order valence-electron chi connectivity index (χ2n) is 3.47. The van der Waals surface area contributed by atoms with Crippen molar-refractivity contribution >= 4 is 17.7 Å². The molecular weight excluding hydrogens is 256 g/mol. The number of aliphatic carboxylic acids is 1. The van der Waals surface area contributed by atoms with Crippen LogP contribution in [-0.2, 0) is 4.79 Å². The molecule has 1 aromatic rings. The molecule has 1 heterocycles. The molecule has 1 aromatic heterocycles. The molecule has 0 radical (unpaired) electrons. The van der Waals surface area contributed by atoms with E-state index in [-0.39, 0.29) is 10.1 Å². The second-order valence-corrected chi connectivity index (χ2v) is 4.45. The summed E-state index contributed by atoms with van der Waals surface area (Å²) in [6.07, 6.45) is 0. The van der Waals surface area contributed by atoms with Crippen LogP contribution in [0, 0.1) is 0 Å². The highest BCUT2D eigenvalue weighted by molar-refractivity contribution is 8.03. The molecule has 0 atom stereocenters. The Morgan fingerprint density at radius 3 is 2.06 bits per heavy atom. The highest BCUT2D eigenvalue weighted by Gasteiger charge is 2.15. The molecule has 0 saturated heterocycles. The third kappa shape index (κ3) is 3.63. The summed E-state index contributed by atoms with van der Waals surface area (Å²) in [5, 5.41) is 9.33. The van der Waals surface area contributed by atoms with Gasteiger partial charge in [-0.05, 0) is 25.6 Å². The molecule has 0 unspecified atom stereocenters. The first-order valence-corrected chi connectivity index (χ1v) is 5.85. The summed E-state index contributed by atoms with van der Waals surface area (Å²) in [5.41, 5.74) is 0.679. The number of carbonyl (C=O) groups is 1. The van der Waals surface area contributed by atoms with Gasteiger partial charge in [0.1, 0.15) is 0 Å². The zero-order valence-corrected chi connectivity index (χ0v) is 11.4. The van der Waals surface area contributed by atoms with Crippen LogP contribution in [0.5, 0.6) is 11.8 Å². The van der Waals surface area contributed by atoms with Crippen LogP contribution in [0.25, 0.3) is 0 Å². The average Bonchev–Trinajstić information content (AvgIpc) is 2.34. The van der Waals surface area contributed by atoms with Gasteiger partial charge in [0.2, 0.25) is 11.8 Å². The first-order valence-electron chi connectivity index (χ1n) is 5.03. The Bertz CT molecular complexity index is 462. The third-order valence-corrected chi connectivity index (χ3v) is 3.07. The lowest BCUT2D eigenvalue weighted by atomic mass is 10.3. The van der Waals surface area contributed by atoms with E-state index in [1.165, 1.54) is 20.3 Å². The van der Waals surface area contributed by atoms with E-state index in [0.717, 1.165) is 11.8 Å². The molecule has 0 bridgehead atoms. The number of rotatable bonds is 5. The van der Waals surface area contributed by atoms with Gasteiger partial charge in [-0.25, -0.2) is 4.79 Å². The Kier molecular flexibility index (Phi) is 4.96. The number of carboxylic acid groups (broad SMARTS) is 1. The fourth-order valence-corrected chi connectivity index (χ4v) is 1.83. The van der Waals surface area contributed by atoms with E-state index in [4.69, 9.17) is 14.6 Å². The van der Waals surface area contributed by atoms with Gasteiger partial charge in [0.15, 0.2) is 5.16 Å². The van der Waals surface area contributed by atoms with Gasteiger partial charge in [0.25, 0.3) is 0 Å². The molecule has 7 heteroatoms. The minimum absolute atomic E-state index is 0.185. The van der Waals surface area contributed by atoms with Crippen molar-refractivity contribution in [3.05, 3.63) is 16.5 Å². The van der Waals surface area contributed by atoms with Crippen molar-refractivity contribution in [3.8, 4) is 11.8 Å². The first kappa shape index (κ1) is 14.3. The van der Waals surface area contributed by atoms with Gasteiger partial charge in [0, 0.05) is 0 Å². The Labute approximate surface area is 109 Å². The van der Waals surface area contributed by atoms with E-state index in [1.807, 2.05) is 0 Å². The van der Waals surface area contributed by atoms with E-state index >= 15 is 0 Å². The van der Waals surface area contributed by atoms with Crippen LogP contribution in [0.4, 0.5) is 0 Å². The lowest BCUT2D eigenvalue weighted by Crippen LogP contribution is -2.01. The van der Waals surface area contributed by atoms with E-state index in [1.54, 1.807) is 13.8 Å². The number of allylic oxidation sites excluding steroid dienone is 1. The molecule has 0 aliphatic carbocycles. The van der Waals surface area contributed by atoms with Gasteiger partial charge in [-0.3, -0.25) is 0 Å². The van der Waals surface area contributed by atoms with E-state index in [9.17, 15) is 4.79 Å². The topological polar surface area (TPSA) is 81.5 Å². The minimum Gasteiger partial charge on any atom is -0.481 e. The molecule has 18 heavy (non-hydrogen) atoms. The smallest absolute Gasteiger partial charge is 0.342 e. The predicted molar refractivity (Wildman–Crippen MR) is 67.0 cm³/mol. The van der Waals surface area contributed by atoms with E-state index < -0.39 is 5.97 Å². The van der Waals surface area contributed by atoms with Crippen molar-refractivity contribution in [1.29, 1.82) is 0 Å². The maximum absolute atomic E-state index is 11.1. The lowest BCUT2D eigenvalue weighted by molar-refractivity contribution is -0.131. The second kappa shape index (κ2) is 6.25. The van der Waals surface area contributed by atoms with Crippen molar-refractivity contribution < 1.29 is 19.4 Å². The largest absolute Gasteiger partial charge is 0.481 e. The monoisotopic (exact) mass is 270 g/mol. The number of methoxy groups -OCH3 is 2. The molecule has 98 valence electrons. The summed E-state index contributed by atoms with van der Waals surface area (Å²) in [6.45, 7) is 3.43. The number of hydrogen-bond donors (Lipinski definition) is 1. The zero-order valence-electron chi connectivity index (χ0n) is 10.6. The third-order valence-electron chi connectivity index (χ3n) is 1.92. The van der Waals surface area contributed by atoms with Crippen molar-refractivity contribution in [3.63, 3.8) is 0 Å². The van der Waals surface area contributed by atoms with Crippen LogP contribution in [0.15, 0.2) is 21.7 Å². The van der Waals surface area contributed by atoms with E-state index in [0.29, 0.717) is 17.3 Å². The molecule has 0 aliphatic rings. The summed E-state index contributed by atoms with van der Waals surface area (Å²) < 4.78 is 9.98. The van der Waals surface area contributed by atoms with Gasteiger partial charge < -0.3 is 14.6 Å². The zero-order chi connectivity index (χ0) is 13.7. The van der Waals surface area contributed by atoms with Crippen LogP contribution in [0.1, 0.15) is 13.8 Å². The average molecular weight is 270 g/mol. The predicted octanol–water partition coefficient (Wildman–Crippen LogP) is 1.96. The Morgan fingerprint density at radius 2 is 1.72 bits per heavy atom. The van der Waals surface area contributed by atoms with Gasteiger partial charge in [-0.2, -0.15) is 9.97 Å². The molecule has 0 aromatic carbocycles. The molecule has 0 aliphatic heterocycles. The van der Waals surface area contributed by atoms with Crippen LogP contribution in [-0.4, -0.2) is 35.3 Å². The maximum Gasteiger partial charge on any atom is 0.342 e.